The van der Waals surface area contributed by atoms with Gasteiger partial charge >= 0.3 is 0 Å². The minimum Gasteiger partial charge on any atom is -0.272 e. The van der Waals surface area contributed by atoms with Crippen molar-refractivity contribution in [1.82, 2.24) is 19.7 Å². The highest BCUT2D eigenvalue weighted by atomic mass is 32.2. The van der Waals surface area contributed by atoms with Gasteiger partial charge in [-0.1, -0.05) is 12.8 Å². The van der Waals surface area contributed by atoms with E-state index in [1.54, 1.807) is 17.1 Å². The summed E-state index contributed by atoms with van der Waals surface area (Å²) in [4.78, 5) is 21.4. The second kappa shape index (κ2) is 7.33. The van der Waals surface area contributed by atoms with Crippen molar-refractivity contribution < 1.29 is 9.00 Å². The van der Waals surface area contributed by atoms with Gasteiger partial charge in [0.15, 0.2) is 0 Å². The number of aromatic nitrogens is 4. The molecular weight excluding hydrogens is 386 g/mol. The third-order valence-corrected chi connectivity index (χ3v) is 8.14. The molecular formula is C21H23N5O2S. The van der Waals surface area contributed by atoms with Crippen LogP contribution in [-0.4, -0.2) is 35.6 Å². The van der Waals surface area contributed by atoms with Gasteiger partial charge in [-0.3, -0.25) is 4.79 Å². The molecule has 0 aliphatic heterocycles. The van der Waals surface area contributed by atoms with Gasteiger partial charge in [0, 0.05) is 28.1 Å². The van der Waals surface area contributed by atoms with Gasteiger partial charge in [-0.15, -0.1) is 0 Å². The molecule has 0 radical (unpaired) electrons. The van der Waals surface area contributed by atoms with Crippen molar-refractivity contribution in [2.24, 2.45) is 16.2 Å². The normalized spacial score (nSPS) is 19.3. The number of fused-ring (bicyclic) bond motifs is 1. The fourth-order valence-electron chi connectivity index (χ4n) is 3.93. The van der Waals surface area contributed by atoms with Crippen molar-refractivity contribution in [3.05, 3.63) is 43.1 Å². The van der Waals surface area contributed by atoms with Crippen molar-refractivity contribution in [1.29, 1.82) is 0 Å². The van der Waals surface area contributed by atoms with Crippen LogP contribution in [0, 0.1) is 11.8 Å². The highest BCUT2D eigenvalue weighted by Gasteiger charge is 2.31. The quantitative estimate of drug-likeness (QED) is 0.640. The molecule has 1 atom stereocenters. The molecule has 0 spiro atoms. The summed E-state index contributed by atoms with van der Waals surface area (Å²) in [6.45, 7) is 0. The molecule has 5 rings (SSSR count). The van der Waals surface area contributed by atoms with Crippen LogP contribution in [0.4, 0.5) is 0 Å². The van der Waals surface area contributed by atoms with E-state index in [4.69, 9.17) is 0 Å². The van der Waals surface area contributed by atoms with Crippen LogP contribution in [0.2, 0.25) is 0 Å². The largest absolute Gasteiger partial charge is 0.272 e. The number of amides is 1. The molecule has 2 fully saturated rings. The van der Waals surface area contributed by atoms with Crippen LogP contribution in [0.5, 0.6) is 0 Å². The van der Waals surface area contributed by atoms with Crippen molar-refractivity contribution in [2.45, 2.75) is 43.4 Å². The van der Waals surface area contributed by atoms with Crippen molar-refractivity contribution >= 4 is 26.5 Å². The number of hydrogen-bond acceptors (Lipinski definition) is 5. The summed E-state index contributed by atoms with van der Waals surface area (Å²) < 4.78 is 20.0. The van der Waals surface area contributed by atoms with E-state index in [9.17, 15) is 9.00 Å². The standard InChI is InChI=1S/C21H23N5O2S/c27-21(16-3-1-2-4-16)25-29(28,13-15-5-6-15)19-7-8-20-17(9-19)12-26(24-20)18-10-22-14-23-11-18/h7-12,14-16H,1-6,13H2. The summed E-state index contributed by atoms with van der Waals surface area (Å²) >= 11 is 0. The number of hydrogen-bond donors (Lipinski definition) is 0. The molecule has 150 valence electrons. The lowest BCUT2D eigenvalue weighted by Crippen LogP contribution is -2.15. The molecule has 2 aliphatic carbocycles. The van der Waals surface area contributed by atoms with Crippen molar-refractivity contribution in [2.75, 3.05) is 5.75 Å². The van der Waals surface area contributed by atoms with E-state index in [0.717, 1.165) is 55.1 Å². The van der Waals surface area contributed by atoms with Gasteiger partial charge in [0.25, 0.3) is 5.91 Å². The molecule has 2 aliphatic rings. The monoisotopic (exact) mass is 409 g/mol. The minimum absolute atomic E-state index is 0.0559. The third kappa shape index (κ3) is 3.81. The van der Waals surface area contributed by atoms with E-state index < -0.39 is 9.73 Å². The molecule has 29 heavy (non-hydrogen) atoms. The number of benzene rings is 1. The van der Waals surface area contributed by atoms with Gasteiger partial charge in [-0.25, -0.2) is 18.9 Å². The van der Waals surface area contributed by atoms with Gasteiger partial charge in [0.05, 0.1) is 27.6 Å². The molecule has 0 saturated heterocycles. The Kier molecular flexibility index (Phi) is 4.66. The third-order valence-electron chi connectivity index (χ3n) is 5.76. The Bertz CT molecular complexity index is 1170. The molecule has 7 nitrogen and oxygen atoms in total. The number of nitrogens with zero attached hydrogens (tertiary/aromatic N) is 5. The summed E-state index contributed by atoms with van der Waals surface area (Å²) in [5, 5.41) is 5.41. The SMILES string of the molecule is O=C(N=S(=O)(CC1CC1)c1ccc2nn(-c3cncnc3)cc2c1)C1CCCC1. The maximum Gasteiger partial charge on any atom is 0.257 e. The first-order valence-electron chi connectivity index (χ1n) is 10.1. The highest BCUT2D eigenvalue weighted by molar-refractivity contribution is 7.94. The Morgan fingerprint density at radius 3 is 2.62 bits per heavy atom. The summed E-state index contributed by atoms with van der Waals surface area (Å²) in [7, 11) is -2.77. The maximum atomic E-state index is 13.9. The smallest absolute Gasteiger partial charge is 0.257 e. The Morgan fingerprint density at radius 1 is 1.14 bits per heavy atom. The Morgan fingerprint density at radius 2 is 1.90 bits per heavy atom. The lowest BCUT2D eigenvalue weighted by Gasteiger charge is -2.11. The molecule has 3 aromatic rings. The maximum absolute atomic E-state index is 13.9. The summed E-state index contributed by atoms with van der Waals surface area (Å²) in [6, 6.07) is 5.54. The molecule has 2 heterocycles. The molecule has 1 aromatic carbocycles. The summed E-state index contributed by atoms with van der Waals surface area (Å²) in [6.07, 6.45) is 12.7. The van der Waals surface area contributed by atoms with Gasteiger partial charge in [-0.05, 0) is 49.8 Å². The fourth-order valence-corrected chi connectivity index (χ4v) is 6.30. The van der Waals surface area contributed by atoms with Crippen LogP contribution in [0.25, 0.3) is 16.6 Å². The average molecular weight is 410 g/mol. The second-order valence-electron chi connectivity index (χ2n) is 8.05. The van der Waals surface area contributed by atoms with Gasteiger partial charge in [0.1, 0.15) is 12.0 Å². The zero-order valence-electron chi connectivity index (χ0n) is 16.1. The van der Waals surface area contributed by atoms with Crippen LogP contribution in [0.1, 0.15) is 38.5 Å². The van der Waals surface area contributed by atoms with E-state index in [-0.39, 0.29) is 11.8 Å². The molecule has 2 aromatic heterocycles. The average Bonchev–Trinajstić information content (AvgIpc) is 3.22. The van der Waals surface area contributed by atoms with Crippen LogP contribution < -0.4 is 0 Å². The van der Waals surface area contributed by atoms with Gasteiger partial charge in [-0.2, -0.15) is 9.46 Å². The Balaban J connectivity index is 1.54. The first kappa shape index (κ1) is 18.4. The molecule has 2 saturated carbocycles. The molecule has 1 unspecified atom stereocenters. The van der Waals surface area contributed by atoms with Crippen molar-refractivity contribution in [3.8, 4) is 5.69 Å². The van der Waals surface area contributed by atoms with E-state index in [1.165, 1.54) is 6.33 Å². The van der Waals surface area contributed by atoms with Crippen LogP contribution >= 0.6 is 0 Å². The Hall–Kier alpha value is -2.61. The molecule has 1 amide bonds. The zero-order valence-corrected chi connectivity index (χ0v) is 16.9. The van der Waals surface area contributed by atoms with Gasteiger partial charge < -0.3 is 0 Å². The zero-order chi connectivity index (χ0) is 19.8. The van der Waals surface area contributed by atoms with E-state index >= 15 is 0 Å². The Labute approximate surface area is 169 Å². The lowest BCUT2D eigenvalue weighted by atomic mass is 10.1. The number of rotatable bonds is 5. The number of carbonyl (C=O) groups excluding carboxylic acids is 1. The first-order valence-corrected chi connectivity index (χ1v) is 11.8. The van der Waals surface area contributed by atoms with Crippen molar-refractivity contribution in [3.63, 3.8) is 0 Å². The first-order chi connectivity index (χ1) is 14.1. The highest BCUT2D eigenvalue weighted by Crippen LogP contribution is 2.35. The molecule has 0 N–H and O–H groups in total. The fraction of sp³-hybridized carbons (Fsp3) is 0.429. The topological polar surface area (TPSA) is 90.1 Å². The van der Waals surface area contributed by atoms with E-state index in [0.29, 0.717) is 16.6 Å². The van der Waals surface area contributed by atoms with Crippen LogP contribution in [0.3, 0.4) is 0 Å². The van der Waals surface area contributed by atoms with Crippen LogP contribution in [0.15, 0.2) is 52.4 Å². The predicted molar refractivity (Wildman–Crippen MR) is 110 cm³/mol. The van der Waals surface area contributed by atoms with E-state index in [2.05, 4.69) is 19.4 Å². The minimum atomic E-state index is -2.77. The predicted octanol–water partition coefficient (Wildman–Crippen LogP) is 3.77. The summed E-state index contributed by atoms with van der Waals surface area (Å²) in [5.74, 6) is 0.643. The second-order valence-corrected chi connectivity index (χ2v) is 10.3. The van der Waals surface area contributed by atoms with E-state index in [1.807, 2.05) is 24.4 Å². The number of carbonyl (C=O) groups is 1. The molecule has 8 heteroatoms. The molecule has 0 bridgehead atoms. The lowest BCUT2D eigenvalue weighted by molar-refractivity contribution is -0.121. The summed E-state index contributed by atoms with van der Waals surface area (Å²) in [5.41, 5.74) is 1.54. The van der Waals surface area contributed by atoms with Gasteiger partial charge in [0.2, 0.25) is 0 Å². The van der Waals surface area contributed by atoms with Crippen LogP contribution in [-0.2, 0) is 14.5 Å².